The van der Waals surface area contributed by atoms with Gasteiger partial charge in [-0.3, -0.25) is 4.79 Å². The van der Waals surface area contributed by atoms with E-state index in [1.165, 1.54) is 23.9 Å². The first kappa shape index (κ1) is 20.2. The predicted molar refractivity (Wildman–Crippen MR) is 100 cm³/mol. The van der Waals surface area contributed by atoms with E-state index in [1.807, 2.05) is 24.3 Å². The number of pyridine rings is 1. The van der Waals surface area contributed by atoms with Crippen LogP contribution in [0.1, 0.15) is 26.3 Å². The molecule has 0 radical (unpaired) electrons. The molecule has 0 saturated carbocycles. The molecule has 0 aliphatic rings. The summed E-state index contributed by atoms with van der Waals surface area (Å²) in [5.74, 6) is -0.153. The van der Waals surface area contributed by atoms with Crippen LogP contribution in [0, 0.1) is 10.1 Å². The van der Waals surface area contributed by atoms with Crippen molar-refractivity contribution in [1.82, 2.24) is 10.3 Å². The zero-order chi connectivity index (χ0) is 19.9. The fraction of sp³-hybridized carbons (Fsp3) is 0.368. The third-order valence-corrected chi connectivity index (χ3v) is 3.70. The summed E-state index contributed by atoms with van der Waals surface area (Å²) < 4.78 is 10.7. The van der Waals surface area contributed by atoms with Crippen molar-refractivity contribution in [3.8, 4) is 11.5 Å². The Labute approximate surface area is 157 Å². The van der Waals surface area contributed by atoms with Crippen LogP contribution in [0.5, 0.6) is 11.5 Å². The molecule has 0 aliphatic carbocycles. The molecule has 0 unspecified atom stereocenters. The Morgan fingerprint density at radius 2 is 1.89 bits per heavy atom. The maximum atomic E-state index is 11.8. The van der Waals surface area contributed by atoms with Gasteiger partial charge in [-0.25, -0.2) is 0 Å². The second-order valence-electron chi connectivity index (χ2n) is 6.84. The largest absolute Gasteiger partial charge is 0.492 e. The number of amides is 1. The van der Waals surface area contributed by atoms with Gasteiger partial charge in [0.05, 0.1) is 6.54 Å². The summed E-state index contributed by atoms with van der Waals surface area (Å²) in [4.78, 5) is 25.6. The minimum Gasteiger partial charge on any atom is -0.492 e. The first-order valence-corrected chi connectivity index (χ1v) is 8.49. The molecular formula is C19H23N3O5. The molecule has 1 N–H and O–H groups in total. The summed E-state index contributed by atoms with van der Waals surface area (Å²) in [6, 6.07) is 10.7. The smallest absolute Gasteiger partial charge is 0.406 e. The minimum atomic E-state index is -0.661. The molecule has 1 aromatic heterocycles. The van der Waals surface area contributed by atoms with Gasteiger partial charge in [-0.1, -0.05) is 32.9 Å². The average molecular weight is 373 g/mol. The minimum absolute atomic E-state index is 0.0483. The first-order chi connectivity index (χ1) is 12.8. The van der Waals surface area contributed by atoms with E-state index in [9.17, 15) is 14.9 Å². The van der Waals surface area contributed by atoms with Crippen LogP contribution < -0.4 is 14.8 Å². The zero-order valence-electron chi connectivity index (χ0n) is 15.6. The van der Waals surface area contributed by atoms with E-state index in [4.69, 9.17) is 9.47 Å². The summed E-state index contributed by atoms with van der Waals surface area (Å²) in [5.41, 5.74) is 1.29. The SMILES string of the molecule is CC(C)(C)c1ccc(OCCNC(=O)COc2cccnc2[N+](=O)[O-])cc1. The number of aromatic nitrogens is 1. The average Bonchev–Trinajstić information content (AvgIpc) is 2.63. The number of benzene rings is 1. The van der Waals surface area contributed by atoms with Crippen LogP contribution in [0.4, 0.5) is 5.82 Å². The van der Waals surface area contributed by atoms with E-state index in [0.717, 1.165) is 5.75 Å². The Morgan fingerprint density at radius 1 is 1.19 bits per heavy atom. The van der Waals surface area contributed by atoms with Crippen molar-refractivity contribution in [2.75, 3.05) is 19.8 Å². The molecule has 0 aliphatic heterocycles. The molecule has 27 heavy (non-hydrogen) atoms. The van der Waals surface area contributed by atoms with Gasteiger partial charge in [0, 0.05) is 0 Å². The summed E-state index contributed by atoms with van der Waals surface area (Å²) in [5, 5.41) is 13.5. The van der Waals surface area contributed by atoms with Crippen LogP contribution in [0.25, 0.3) is 0 Å². The summed E-state index contributed by atoms with van der Waals surface area (Å²) in [7, 11) is 0. The molecule has 1 heterocycles. The van der Waals surface area contributed by atoms with E-state index in [2.05, 4.69) is 31.1 Å². The maximum Gasteiger partial charge on any atom is 0.406 e. The van der Waals surface area contributed by atoms with Gasteiger partial charge in [0.15, 0.2) is 6.61 Å². The topological polar surface area (TPSA) is 104 Å². The van der Waals surface area contributed by atoms with E-state index in [0.29, 0.717) is 13.2 Å². The highest BCUT2D eigenvalue weighted by Gasteiger charge is 2.16. The fourth-order valence-corrected chi connectivity index (χ4v) is 2.24. The maximum absolute atomic E-state index is 11.8. The van der Waals surface area contributed by atoms with Gasteiger partial charge in [-0.2, -0.15) is 0 Å². The Morgan fingerprint density at radius 3 is 2.52 bits per heavy atom. The van der Waals surface area contributed by atoms with Crippen LogP contribution in [-0.2, 0) is 10.2 Å². The summed E-state index contributed by atoms with van der Waals surface area (Å²) >= 11 is 0. The lowest BCUT2D eigenvalue weighted by Crippen LogP contribution is -2.32. The van der Waals surface area contributed by atoms with Gasteiger partial charge < -0.3 is 24.9 Å². The van der Waals surface area contributed by atoms with E-state index in [-0.39, 0.29) is 17.8 Å². The molecule has 0 saturated heterocycles. The standard InChI is InChI=1S/C19H23N3O5/c1-19(2,3)14-6-8-15(9-7-14)26-12-11-20-17(23)13-27-16-5-4-10-21-18(16)22(24)25/h4-10H,11-13H2,1-3H3,(H,20,23). The molecular weight excluding hydrogens is 350 g/mol. The van der Waals surface area contributed by atoms with Crippen molar-refractivity contribution in [3.05, 3.63) is 58.3 Å². The summed E-state index contributed by atoms with van der Waals surface area (Å²) in [6.07, 6.45) is 1.29. The number of carbonyl (C=O) groups excluding carboxylic acids is 1. The number of nitrogens with one attached hydrogen (secondary N) is 1. The molecule has 2 rings (SSSR count). The number of carbonyl (C=O) groups is 1. The van der Waals surface area contributed by atoms with Crippen molar-refractivity contribution in [2.45, 2.75) is 26.2 Å². The molecule has 144 valence electrons. The lowest BCUT2D eigenvalue weighted by atomic mass is 9.87. The van der Waals surface area contributed by atoms with Crippen molar-refractivity contribution >= 4 is 11.7 Å². The molecule has 8 nitrogen and oxygen atoms in total. The van der Waals surface area contributed by atoms with E-state index in [1.54, 1.807) is 0 Å². The van der Waals surface area contributed by atoms with Gasteiger partial charge in [0.2, 0.25) is 5.75 Å². The molecule has 0 spiro atoms. The van der Waals surface area contributed by atoms with Crippen molar-refractivity contribution in [2.24, 2.45) is 0 Å². The Kier molecular flexibility index (Phi) is 6.70. The molecule has 0 atom stereocenters. The number of nitrogens with zero attached hydrogens (tertiary/aromatic N) is 2. The van der Waals surface area contributed by atoms with Crippen molar-refractivity contribution in [3.63, 3.8) is 0 Å². The van der Waals surface area contributed by atoms with Crippen LogP contribution >= 0.6 is 0 Å². The highest BCUT2D eigenvalue weighted by Crippen LogP contribution is 2.24. The normalized spacial score (nSPS) is 10.9. The Bertz CT molecular complexity index is 785. The number of hydrogen-bond donors (Lipinski definition) is 1. The Balaban J connectivity index is 1.72. The highest BCUT2D eigenvalue weighted by atomic mass is 16.6. The Hall–Kier alpha value is -3.16. The number of ether oxygens (including phenoxy) is 2. The van der Waals surface area contributed by atoms with Gasteiger partial charge in [-0.05, 0) is 45.2 Å². The van der Waals surface area contributed by atoms with Crippen molar-refractivity contribution in [1.29, 1.82) is 0 Å². The second-order valence-corrected chi connectivity index (χ2v) is 6.84. The van der Waals surface area contributed by atoms with E-state index >= 15 is 0 Å². The molecule has 8 heteroatoms. The molecule has 2 aromatic rings. The number of rotatable bonds is 8. The van der Waals surface area contributed by atoms with Crippen LogP contribution in [-0.4, -0.2) is 35.6 Å². The summed E-state index contributed by atoms with van der Waals surface area (Å²) in [6.45, 7) is 6.67. The fourth-order valence-electron chi connectivity index (χ4n) is 2.24. The molecule has 0 bridgehead atoms. The number of hydrogen-bond acceptors (Lipinski definition) is 6. The third kappa shape index (κ3) is 6.25. The number of nitro groups is 1. The van der Waals surface area contributed by atoms with Gasteiger partial charge in [-0.15, -0.1) is 0 Å². The second kappa shape index (κ2) is 8.98. The van der Waals surface area contributed by atoms with Crippen LogP contribution in [0.3, 0.4) is 0 Å². The molecule has 1 aromatic carbocycles. The highest BCUT2D eigenvalue weighted by molar-refractivity contribution is 5.77. The van der Waals surface area contributed by atoms with Gasteiger partial charge >= 0.3 is 5.82 Å². The lowest BCUT2D eigenvalue weighted by Gasteiger charge is -2.19. The predicted octanol–water partition coefficient (Wildman–Crippen LogP) is 2.86. The van der Waals surface area contributed by atoms with E-state index < -0.39 is 16.6 Å². The lowest BCUT2D eigenvalue weighted by molar-refractivity contribution is -0.390. The van der Waals surface area contributed by atoms with Crippen molar-refractivity contribution < 1.29 is 19.2 Å². The monoisotopic (exact) mass is 373 g/mol. The third-order valence-electron chi connectivity index (χ3n) is 3.70. The molecule has 1 amide bonds. The van der Waals surface area contributed by atoms with Crippen LogP contribution in [0.15, 0.2) is 42.6 Å². The van der Waals surface area contributed by atoms with Crippen LogP contribution in [0.2, 0.25) is 0 Å². The molecule has 0 fully saturated rings. The first-order valence-electron chi connectivity index (χ1n) is 8.49. The quantitative estimate of drug-likeness (QED) is 0.433. The van der Waals surface area contributed by atoms with Gasteiger partial charge in [0.25, 0.3) is 5.91 Å². The zero-order valence-corrected chi connectivity index (χ0v) is 15.6. The van der Waals surface area contributed by atoms with Gasteiger partial charge in [0.1, 0.15) is 18.6 Å².